The van der Waals surface area contributed by atoms with Crippen LogP contribution in [0.25, 0.3) is 0 Å². The van der Waals surface area contributed by atoms with Gasteiger partial charge in [-0.1, -0.05) is 31.4 Å². The minimum Gasteiger partial charge on any atom is -0.324 e. The SMILES string of the molecule is N[C@@H](CC1CCC1)c1ccc(F)cc1. The van der Waals surface area contributed by atoms with Gasteiger partial charge in [-0.25, -0.2) is 4.39 Å². The van der Waals surface area contributed by atoms with Crippen LogP contribution in [0.5, 0.6) is 0 Å². The molecule has 0 spiro atoms. The maximum absolute atomic E-state index is 12.6. The molecule has 0 unspecified atom stereocenters. The zero-order valence-corrected chi connectivity index (χ0v) is 8.25. The van der Waals surface area contributed by atoms with Gasteiger partial charge in [-0.15, -0.1) is 0 Å². The lowest BCUT2D eigenvalue weighted by Crippen LogP contribution is -2.20. The normalized spacial score (nSPS) is 19.0. The Morgan fingerprint density at radius 1 is 1.29 bits per heavy atom. The number of hydrogen-bond acceptors (Lipinski definition) is 1. The van der Waals surface area contributed by atoms with E-state index in [4.69, 9.17) is 5.73 Å². The predicted octanol–water partition coefficient (Wildman–Crippen LogP) is 3.02. The molecular weight excluding hydrogens is 177 g/mol. The second kappa shape index (κ2) is 4.09. The summed E-state index contributed by atoms with van der Waals surface area (Å²) in [5.74, 6) is 0.611. The van der Waals surface area contributed by atoms with Crippen molar-refractivity contribution in [3.05, 3.63) is 35.6 Å². The summed E-state index contributed by atoms with van der Waals surface area (Å²) in [5, 5.41) is 0. The van der Waals surface area contributed by atoms with Gasteiger partial charge in [0, 0.05) is 6.04 Å². The summed E-state index contributed by atoms with van der Waals surface area (Å²) in [4.78, 5) is 0. The quantitative estimate of drug-likeness (QED) is 0.784. The first kappa shape index (κ1) is 9.66. The second-order valence-electron chi connectivity index (χ2n) is 4.19. The standard InChI is InChI=1S/C12H16FN/c13-11-6-4-10(5-7-11)12(14)8-9-2-1-3-9/h4-7,9,12H,1-3,8,14H2/t12-/m0/s1. The molecule has 0 heterocycles. The van der Waals surface area contributed by atoms with Crippen molar-refractivity contribution >= 4 is 0 Å². The Labute approximate surface area is 84.1 Å². The van der Waals surface area contributed by atoms with E-state index in [1.165, 1.54) is 31.4 Å². The Balaban J connectivity index is 1.95. The molecule has 1 aromatic rings. The van der Waals surface area contributed by atoms with Crippen molar-refractivity contribution in [1.82, 2.24) is 0 Å². The van der Waals surface area contributed by atoms with E-state index in [9.17, 15) is 4.39 Å². The summed E-state index contributed by atoms with van der Waals surface area (Å²) in [6, 6.07) is 6.63. The van der Waals surface area contributed by atoms with E-state index in [1.807, 2.05) is 0 Å². The van der Waals surface area contributed by atoms with Crippen molar-refractivity contribution in [2.45, 2.75) is 31.7 Å². The van der Waals surface area contributed by atoms with Gasteiger partial charge in [-0.2, -0.15) is 0 Å². The fourth-order valence-corrected chi connectivity index (χ4v) is 1.93. The van der Waals surface area contributed by atoms with Gasteiger partial charge in [0.2, 0.25) is 0 Å². The number of nitrogens with two attached hydrogens (primary N) is 1. The third-order valence-corrected chi connectivity index (χ3v) is 3.11. The van der Waals surface area contributed by atoms with Gasteiger partial charge < -0.3 is 5.73 Å². The molecule has 0 aliphatic heterocycles. The van der Waals surface area contributed by atoms with Gasteiger partial charge in [-0.3, -0.25) is 0 Å². The van der Waals surface area contributed by atoms with Gasteiger partial charge in [0.05, 0.1) is 0 Å². The van der Waals surface area contributed by atoms with E-state index >= 15 is 0 Å². The molecule has 1 aromatic carbocycles. The van der Waals surface area contributed by atoms with Crippen LogP contribution in [0.15, 0.2) is 24.3 Å². The van der Waals surface area contributed by atoms with Crippen LogP contribution in [0.2, 0.25) is 0 Å². The van der Waals surface area contributed by atoms with Crippen molar-refractivity contribution in [2.24, 2.45) is 11.7 Å². The van der Waals surface area contributed by atoms with Gasteiger partial charge in [-0.05, 0) is 30.0 Å². The smallest absolute Gasteiger partial charge is 0.123 e. The Kier molecular flexibility index (Phi) is 2.82. The molecule has 1 aliphatic carbocycles. The van der Waals surface area contributed by atoms with Crippen LogP contribution < -0.4 is 5.73 Å². The van der Waals surface area contributed by atoms with Crippen molar-refractivity contribution in [3.8, 4) is 0 Å². The Bertz CT molecular complexity index is 290. The molecule has 0 saturated heterocycles. The molecule has 0 radical (unpaired) electrons. The maximum Gasteiger partial charge on any atom is 0.123 e. The van der Waals surface area contributed by atoms with Crippen molar-refractivity contribution < 1.29 is 4.39 Å². The Hall–Kier alpha value is -0.890. The summed E-state index contributed by atoms with van der Waals surface area (Å²) < 4.78 is 12.6. The fraction of sp³-hybridized carbons (Fsp3) is 0.500. The Morgan fingerprint density at radius 3 is 2.43 bits per heavy atom. The molecule has 0 aromatic heterocycles. The van der Waals surface area contributed by atoms with Crippen LogP contribution in [0.4, 0.5) is 4.39 Å². The van der Waals surface area contributed by atoms with Crippen molar-refractivity contribution in [2.75, 3.05) is 0 Å². The molecule has 1 aliphatic rings. The van der Waals surface area contributed by atoms with Gasteiger partial charge >= 0.3 is 0 Å². The first-order valence-corrected chi connectivity index (χ1v) is 5.27. The number of hydrogen-bond donors (Lipinski definition) is 1. The van der Waals surface area contributed by atoms with Crippen LogP contribution in [0, 0.1) is 11.7 Å². The Morgan fingerprint density at radius 2 is 1.93 bits per heavy atom. The lowest BCUT2D eigenvalue weighted by molar-refractivity contribution is 0.277. The molecule has 2 N–H and O–H groups in total. The highest BCUT2D eigenvalue weighted by Crippen LogP contribution is 2.33. The third-order valence-electron chi connectivity index (χ3n) is 3.11. The molecule has 0 bridgehead atoms. The molecule has 2 heteroatoms. The van der Waals surface area contributed by atoms with Crippen LogP contribution in [-0.4, -0.2) is 0 Å². The van der Waals surface area contributed by atoms with Crippen LogP contribution in [-0.2, 0) is 0 Å². The van der Waals surface area contributed by atoms with Crippen LogP contribution in [0.1, 0.15) is 37.3 Å². The van der Waals surface area contributed by atoms with E-state index in [0.29, 0.717) is 0 Å². The second-order valence-corrected chi connectivity index (χ2v) is 4.19. The van der Waals surface area contributed by atoms with Crippen LogP contribution >= 0.6 is 0 Å². The van der Waals surface area contributed by atoms with Gasteiger partial charge in [0.25, 0.3) is 0 Å². The van der Waals surface area contributed by atoms with Crippen molar-refractivity contribution in [1.29, 1.82) is 0 Å². The summed E-state index contributed by atoms with van der Waals surface area (Å²) in [5.41, 5.74) is 7.09. The zero-order valence-electron chi connectivity index (χ0n) is 8.25. The molecule has 1 fully saturated rings. The van der Waals surface area contributed by atoms with E-state index in [2.05, 4.69) is 0 Å². The molecule has 1 nitrogen and oxygen atoms in total. The minimum atomic E-state index is -0.190. The molecule has 76 valence electrons. The summed E-state index contributed by atoms with van der Waals surface area (Å²) in [6.07, 6.45) is 5.02. The summed E-state index contributed by atoms with van der Waals surface area (Å²) in [7, 11) is 0. The average molecular weight is 193 g/mol. The third kappa shape index (κ3) is 2.13. The molecule has 0 amide bonds. The lowest BCUT2D eigenvalue weighted by Gasteiger charge is -2.28. The van der Waals surface area contributed by atoms with Gasteiger partial charge in [0.1, 0.15) is 5.82 Å². The molecular formula is C12H16FN. The largest absolute Gasteiger partial charge is 0.324 e. The summed E-state index contributed by atoms with van der Waals surface area (Å²) in [6.45, 7) is 0. The monoisotopic (exact) mass is 193 g/mol. The maximum atomic E-state index is 12.6. The highest BCUT2D eigenvalue weighted by Gasteiger charge is 2.20. The molecule has 1 saturated carbocycles. The first-order valence-electron chi connectivity index (χ1n) is 5.27. The highest BCUT2D eigenvalue weighted by atomic mass is 19.1. The number of rotatable bonds is 3. The minimum absolute atomic E-state index is 0.0842. The van der Waals surface area contributed by atoms with E-state index in [-0.39, 0.29) is 11.9 Å². The van der Waals surface area contributed by atoms with E-state index in [1.54, 1.807) is 12.1 Å². The average Bonchev–Trinajstić information content (AvgIpc) is 2.12. The lowest BCUT2D eigenvalue weighted by atomic mass is 9.80. The van der Waals surface area contributed by atoms with Gasteiger partial charge in [0.15, 0.2) is 0 Å². The van der Waals surface area contributed by atoms with E-state index < -0.39 is 0 Å². The molecule has 14 heavy (non-hydrogen) atoms. The number of halogens is 1. The molecule has 2 rings (SSSR count). The van der Waals surface area contributed by atoms with Crippen LogP contribution in [0.3, 0.4) is 0 Å². The predicted molar refractivity (Wildman–Crippen MR) is 55.3 cm³/mol. The first-order chi connectivity index (χ1) is 6.75. The van der Waals surface area contributed by atoms with Crippen molar-refractivity contribution in [3.63, 3.8) is 0 Å². The topological polar surface area (TPSA) is 26.0 Å². The zero-order chi connectivity index (χ0) is 9.97. The number of benzene rings is 1. The molecule has 1 atom stereocenters. The fourth-order valence-electron chi connectivity index (χ4n) is 1.93. The highest BCUT2D eigenvalue weighted by molar-refractivity contribution is 5.19. The van der Waals surface area contributed by atoms with E-state index in [0.717, 1.165) is 17.9 Å². The summed E-state index contributed by atoms with van der Waals surface area (Å²) >= 11 is 0.